The molecule has 20 heavy (non-hydrogen) atoms. The van der Waals surface area contributed by atoms with Crippen LogP contribution in [-0.4, -0.2) is 0 Å². The Balaban J connectivity index is 0.00000120. The molecule has 0 fully saturated rings. The van der Waals surface area contributed by atoms with Crippen LogP contribution in [0, 0.1) is 14.9 Å². The number of hydrogen-bond donors (Lipinski definition) is 0. The summed E-state index contributed by atoms with van der Waals surface area (Å²) in [5, 5.41) is 2.72. The maximum Gasteiger partial charge on any atom is 3.00 e. The van der Waals surface area contributed by atoms with Crippen molar-refractivity contribution >= 4 is 10.8 Å². The van der Waals surface area contributed by atoms with Crippen molar-refractivity contribution in [3.63, 3.8) is 0 Å². The van der Waals surface area contributed by atoms with Crippen molar-refractivity contribution < 1.29 is 26.2 Å². The Labute approximate surface area is 142 Å². The minimum atomic E-state index is 0. The second-order valence-corrected chi connectivity index (χ2v) is 4.39. The van der Waals surface area contributed by atoms with E-state index < -0.39 is 0 Å². The minimum absolute atomic E-state index is 0. The van der Waals surface area contributed by atoms with Gasteiger partial charge in [-0.3, -0.25) is 0 Å². The summed E-state index contributed by atoms with van der Waals surface area (Å²) < 4.78 is 0. The van der Waals surface area contributed by atoms with Gasteiger partial charge in [0.25, 0.3) is 0 Å². The van der Waals surface area contributed by atoms with Crippen LogP contribution in [0.25, 0.3) is 21.9 Å². The van der Waals surface area contributed by atoms with Crippen LogP contribution in [0.3, 0.4) is 0 Å². The summed E-state index contributed by atoms with van der Waals surface area (Å²) in [5.74, 6) is 0. The molecule has 0 aliphatic heterocycles. The van der Waals surface area contributed by atoms with E-state index in [0.717, 1.165) is 6.42 Å². The van der Waals surface area contributed by atoms with Gasteiger partial charge in [-0.2, -0.15) is 6.07 Å². The average molecular weight is 341 g/mol. The Morgan fingerprint density at radius 2 is 1.60 bits per heavy atom. The third-order valence-corrected chi connectivity index (χ3v) is 3.30. The van der Waals surface area contributed by atoms with E-state index >= 15 is 0 Å². The van der Waals surface area contributed by atoms with Crippen molar-refractivity contribution in [2.45, 2.75) is 13.3 Å². The molecule has 0 saturated heterocycles. The number of hydrogen-bond acceptors (Lipinski definition) is 0. The van der Waals surface area contributed by atoms with E-state index in [2.05, 4.69) is 67.6 Å². The van der Waals surface area contributed by atoms with Gasteiger partial charge in [-0.1, -0.05) is 48.9 Å². The standard InChI is InChI=1S/C17H15.2CH3.Zr/c1-2-13-11-15-9-6-10-16(17(15)12-13)14-7-4-3-5-8-14;;;/h3-12H,2H2,1H3;2*1H3;/q3*-1;+3. The summed E-state index contributed by atoms with van der Waals surface area (Å²) in [4.78, 5) is 0. The Kier molecular flexibility index (Phi) is 7.83. The van der Waals surface area contributed by atoms with Crippen LogP contribution < -0.4 is 0 Å². The van der Waals surface area contributed by atoms with Crippen molar-refractivity contribution in [1.82, 2.24) is 0 Å². The molecule has 0 saturated carbocycles. The molecule has 101 valence electrons. The zero-order valence-electron chi connectivity index (χ0n) is 12.5. The molecule has 0 aliphatic carbocycles. The van der Waals surface area contributed by atoms with Crippen molar-refractivity contribution in [2.75, 3.05) is 0 Å². The van der Waals surface area contributed by atoms with Gasteiger partial charge in [0.2, 0.25) is 0 Å². The molecule has 1 radical (unpaired) electrons. The van der Waals surface area contributed by atoms with Crippen LogP contribution in [0.15, 0.2) is 60.7 Å². The van der Waals surface area contributed by atoms with Crippen LogP contribution in [0.5, 0.6) is 0 Å². The Hall–Kier alpha value is -1.07. The van der Waals surface area contributed by atoms with Gasteiger partial charge in [-0.05, 0) is 12.0 Å². The fourth-order valence-corrected chi connectivity index (χ4v) is 2.37. The molecule has 3 aromatic carbocycles. The average Bonchev–Trinajstić information content (AvgIpc) is 2.82. The zero-order valence-corrected chi connectivity index (χ0v) is 14.9. The monoisotopic (exact) mass is 339 g/mol. The molecular weight excluding hydrogens is 319 g/mol. The quantitative estimate of drug-likeness (QED) is 0.526. The summed E-state index contributed by atoms with van der Waals surface area (Å²) in [5.41, 5.74) is 4.05. The molecule has 0 nitrogen and oxygen atoms in total. The third kappa shape index (κ3) is 3.52. The largest absolute Gasteiger partial charge is 3.00 e. The molecule has 1 heteroatoms. The van der Waals surface area contributed by atoms with Gasteiger partial charge < -0.3 is 14.9 Å². The van der Waals surface area contributed by atoms with Crippen LogP contribution in [-0.2, 0) is 32.6 Å². The van der Waals surface area contributed by atoms with Crippen molar-refractivity contribution in [1.29, 1.82) is 0 Å². The molecule has 0 heterocycles. The molecule has 0 atom stereocenters. The summed E-state index contributed by atoms with van der Waals surface area (Å²) in [6.07, 6.45) is 1.10. The number of rotatable bonds is 2. The van der Waals surface area contributed by atoms with E-state index in [1.807, 2.05) is 0 Å². The normalized spacial score (nSPS) is 9.25. The molecule has 3 rings (SSSR count). The predicted molar refractivity (Wildman–Crippen MR) is 87.2 cm³/mol. The molecule has 0 aromatic heterocycles. The van der Waals surface area contributed by atoms with Crippen molar-refractivity contribution in [2.24, 2.45) is 0 Å². The molecular formula is C19H21Zr. The van der Waals surface area contributed by atoms with E-state index in [9.17, 15) is 0 Å². The van der Waals surface area contributed by atoms with Gasteiger partial charge in [-0.25, -0.2) is 0 Å². The third-order valence-electron chi connectivity index (χ3n) is 3.30. The Bertz CT molecular complexity index is 635. The fraction of sp³-hybridized carbons (Fsp3) is 0.105. The van der Waals surface area contributed by atoms with E-state index in [1.165, 1.54) is 27.5 Å². The van der Waals surface area contributed by atoms with Gasteiger partial charge in [0.15, 0.2) is 0 Å². The molecule has 0 bridgehead atoms. The van der Waals surface area contributed by atoms with Gasteiger partial charge in [-0.15, -0.1) is 34.5 Å². The van der Waals surface area contributed by atoms with Crippen LogP contribution in [0.4, 0.5) is 0 Å². The number of benzene rings is 2. The molecule has 0 unspecified atom stereocenters. The zero-order chi connectivity index (χ0) is 11.7. The Morgan fingerprint density at radius 3 is 2.25 bits per heavy atom. The molecule has 0 aliphatic rings. The van der Waals surface area contributed by atoms with Gasteiger partial charge in [0.05, 0.1) is 0 Å². The second-order valence-electron chi connectivity index (χ2n) is 4.39. The summed E-state index contributed by atoms with van der Waals surface area (Å²) in [7, 11) is 0. The first kappa shape index (κ1) is 18.9. The first-order valence-corrected chi connectivity index (χ1v) is 6.12. The predicted octanol–water partition coefficient (Wildman–Crippen LogP) is 5.69. The first-order valence-electron chi connectivity index (χ1n) is 6.12. The summed E-state index contributed by atoms with van der Waals surface area (Å²) >= 11 is 0. The maximum absolute atomic E-state index is 2.32. The van der Waals surface area contributed by atoms with Crippen LogP contribution in [0.1, 0.15) is 12.5 Å². The summed E-state index contributed by atoms with van der Waals surface area (Å²) in [6.45, 7) is 2.20. The molecule has 3 aromatic rings. The minimum Gasteiger partial charge on any atom is -0.358 e. The van der Waals surface area contributed by atoms with E-state index in [4.69, 9.17) is 0 Å². The fourth-order valence-electron chi connectivity index (χ4n) is 2.37. The second kappa shape index (κ2) is 8.27. The topological polar surface area (TPSA) is 0 Å². The van der Waals surface area contributed by atoms with Crippen molar-refractivity contribution in [3.05, 3.63) is 81.1 Å². The molecule has 0 amide bonds. The van der Waals surface area contributed by atoms with Gasteiger partial charge in [0, 0.05) is 0 Å². The van der Waals surface area contributed by atoms with Gasteiger partial charge in [0.1, 0.15) is 0 Å². The molecule has 0 spiro atoms. The van der Waals surface area contributed by atoms with Gasteiger partial charge >= 0.3 is 26.2 Å². The Morgan fingerprint density at radius 1 is 0.900 bits per heavy atom. The SMILES string of the molecule is CCc1cc2c(-c3ccccc3)cccc2[cH-]1.[CH3-].[CH3-].[Zr+3]. The van der Waals surface area contributed by atoms with Crippen LogP contribution in [0.2, 0.25) is 0 Å². The van der Waals surface area contributed by atoms with Crippen LogP contribution >= 0.6 is 0 Å². The van der Waals surface area contributed by atoms with E-state index in [1.54, 1.807) is 0 Å². The number of fused-ring (bicyclic) bond motifs is 1. The van der Waals surface area contributed by atoms with E-state index in [-0.39, 0.29) is 41.1 Å². The maximum atomic E-state index is 2.32. The first-order chi connectivity index (χ1) is 8.38. The number of aryl methyl sites for hydroxylation is 1. The van der Waals surface area contributed by atoms with Crippen molar-refractivity contribution in [3.8, 4) is 11.1 Å². The van der Waals surface area contributed by atoms with E-state index in [0.29, 0.717) is 0 Å². The smallest absolute Gasteiger partial charge is 0.358 e. The molecule has 0 N–H and O–H groups in total. The summed E-state index contributed by atoms with van der Waals surface area (Å²) in [6, 6.07) is 21.8.